The SMILES string of the molecule is CCCC(=O)OCN(C(=O)[C@@H](NC(=O)[C@H]1CCCCN1C)C(C)CC)[C@H](C[C@@H](OC(C)=O)c1nc(C(=O)N[C@@H](Cc2ccc(O)cc2)C[C@H](C)C(=O)NNC(=O)OCCSSC[C@H](NC(=O)[C@H](CC(=O)O)NC(=O)[C@H](CC(=O)O)NC(=O)[C@H](CC(=O)O)NC(C)=O)C(=O)O)cs1)C(C)C. The Morgan fingerprint density at radius 2 is 1.30 bits per heavy atom. The average molecular weight is 1450 g/mol. The number of amides is 9. The number of piperidine rings is 1. The molecule has 11 atom stereocenters. The molecule has 1 fully saturated rings. The van der Waals surface area contributed by atoms with E-state index in [0.717, 1.165) is 52.7 Å². The number of aromatic nitrogens is 1. The number of phenolic OH excluding ortho intramolecular Hbond substituents is 1. The van der Waals surface area contributed by atoms with E-state index in [1.54, 1.807) is 19.1 Å². The van der Waals surface area contributed by atoms with Gasteiger partial charge in [-0.05, 0) is 75.2 Å². The molecule has 34 nitrogen and oxygen atoms in total. The number of hydrazine groups is 1. The number of hydrogen-bond donors (Lipinski definition) is 13. The van der Waals surface area contributed by atoms with E-state index in [4.69, 9.17) is 19.3 Å². The van der Waals surface area contributed by atoms with E-state index in [2.05, 4.69) is 31.8 Å². The van der Waals surface area contributed by atoms with Crippen LogP contribution >= 0.6 is 32.9 Å². The number of carboxylic acid groups (broad SMARTS) is 4. The summed E-state index contributed by atoms with van der Waals surface area (Å²) in [4.78, 5) is 200. The van der Waals surface area contributed by atoms with Gasteiger partial charge in [0.25, 0.3) is 5.91 Å². The molecule has 1 unspecified atom stereocenters. The highest BCUT2D eigenvalue weighted by atomic mass is 33.1. The van der Waals surface area contributed by atoms with Crippen molar-refractivity contribution in [3.8, 4) is 5.75 Å². The summed E-state index contributed by atoms with van der Waals surface area (Å²) in [6.07, 6.45) is -2.06. The maximum Gasteiger partial charge on any atom is 0.426 e. The molecule has 1 aromatic heterocycles. The molecule has 37 heteroatoms. The quantitative estimate of drug-likeness (QED) is 0.0113. The van der Waals surface area contributed by atoms with Crippen LogP contribution < -0.4 is 42.8 Å². The van der Waals surface area contributed by atoms with Gasteiger partial charge in [-0.1, -0.05) is 88.1 Å². The third-order valence-corrected chi connectivity index (χ3v) is 18.8. The van der Waals surface area contributed by atoms with Crippen LogP contribution in [0.4, 0.5) is 4.79 Å². The standard InChI is InChI=1S/C62H91N11O23S3/c1-10-14-51(83)95-31-73(60(90)52(33(5)11-2)69-58(89)45-15-12-13-20-72(45)9)46(32(3)4)28-47(96-36(8)75)59-68-43(29-97-59)57(88)64-38(24-37-16-18-39(76)19-17-37)23-34(6)53(84)70-71-62(93)94-21-22-98-99-30-44(61(91)92)67-56(87)42(27-50(81)82)66-55(86)41(26-49(79)80)65-54(85)40(25-48(77)78)63-35(7)74/h16-19,29,32-34,38,40-42,44-47,52,76H,10-15,20-28,30-31H2,1-9H3,(H,63,74)(H,64,88)(H,65,85)(H,66,86)(H,67,87)(H,69,89)(H,70,84)(H,71,93)(H,77,78)(H,79,80)(H,81,82)(H,91,92)/t33?,34-,38+,40-,41-,42-,44-,45+,46+,47+,52-/m0/s1. The molecular formula is C62H91N11O23S3. The van der Waals surface area contributed by atoms with Gasteiger partial charge in [-0.3, -0.25) is 72.7 Å². The summed E-state index contributed by atoms with van der Waals surface area (Å²) in [7, 11) is 3.68. The first kappa shape index (κ1) is 84.4. The first-order valence-electron chi connectivity index (χ1n) is 31.9. The predicted octanol–water partition coefficient (Wildman–Crippen LogP) is 1.99. The minimum absolute atomic E-state index is 0.00533. The summed E-state index contributed by atoms with van der Waals surface area (Å²) in [6, 6.07) is -4.56. The van der Waals surface area contributed by atoms with Crippen LogP contribution in [0.25, 0.3) is 0 Å². The van der Waals surface area contributed by atoms with Crippen molar-refractivity contribution in [3.05, 3.63) is 45.9 Å². The molecule has 99 heavy (non-hydrogen) atoms. The smallest absolute Gasteiger partial charge is 0.426 e. The lowest BCUT2D eigenvalue weighted by molar-refractivity contribution is -0.160. The molecule has 3 rings (SSSR count). The Labute approximate surface area is 583 Å². The molecule has 0 aliphatic carbocycles. The van der Waals surface area contributed by atoms with E-state index in [0.29, 0.717) is 31.4 Å². The molecule has 1 aromatic carbocycles. The van der Waals surface area contributed by atoms with Gasteiger partial charge in [0.2, 0.25) is 41.4 Å². The zero-order valence-electron chi connectivity index (χ0n) is 56.5. The van der Waals surface area contributed by atoms with Crippen LogP contribution in [0.1, 0.15) is 153 Å². The Kier molecular flexibility index (Phi) is 36.5. The number of phenols is 1. The van der Waals surface area contributed by atoms with Crippen molar-refractivity contribution in [2.75, 3.05) is 38.4 Å². The van der Waals surface area contributed by atoms with Gasteiger partial charge < -0.3 is 76.5 Å². The number of likely N-dealkylation sites (tertiary alicyclic amines) is 1. The van der Waals surface area contributed by atoms with E-state index in [1.807, 2.05) is 55.6 Å². The third kappa shape index (κ3) is 30.4. The number of carbonyl (C=O) groups excluding carboxylic acids is 11. The van der Waals surface area contributed by atoms with Gasteiger partial charge in [0.1, 0.15) is 53.3 Å². The van der Waals surface area contributed by atoms with Gasteiger partial charge in [-0.15, -0.1) is 11.3 Å². The Hall–Kier alpha value is -8.84. The van der Waals surface area contributed by atoms with Crippen LogP contribution in [-0.4, -0.2) is 216 Å². The number of benzene rings is 1. The lowest BCUT2D eigenvalue weighted by atomic mass is 9.92. The fraction of sp³-hybridized carbons (Fsp3) is 0.613. The largest absolute Gasteiger partial charge is 0.508 e. The molecule has 550 valence electrons. The summed E-state index contributed by atoms with van der Waals surface area (Å²) >= 11 is 1.00. The fourth-order valence-corrected chi connectivity index (χ4v) is 12.9. The molecule has 0 spiro atoms. The topological polar surface area (TPSA) is 500 Å². The predicted molar refractivity (Wildman–Crippen MR) is 356 cm³/mol. The Morgan fingerprint density at radius 3 is 1.83 bits per heavy atom. The second-order valence-electron chi connectivity index (χ2n) is 23.9. The normalized spacial score (nSPS) is 15.9. The van der Waals surface area contributed by atoms with Crippen LogP contribution in [0.2, 0.25) is 0 Å². The molecule has 13 N–H and O–H groups in total. The van der Waals surface area contributed by atoms with E-state index >= 15 is 0 Å². The van der Waals surface area contributed by atoms with Gasteiger partial charge >= 0.3 is 41.9 Å². The first-order chi connectivity index (χ1) is 46.6. The second kappa shape index (κ2) is 42.9. The second-order valence-corrected chi connectivity index (χ2v) is 27.4. The number of esters is 2. The number of thiazole rings is 1. The molecular weight excluding hydrogens is 1360 g/mol. The number of aliphatic carboxylic acids is 4. The van der Waals surface area contributed by atoms with Crippen molar-refractivity contribution in [1.29, 1.82) is 0 Å². The summed E-state index contributed by atoms with van der Waals surface area (Å²) in [5.41, 5.74) is 4.92. The maximum absolute atomic E-state index is 15.0. The van der Waals surface area contributed by atoms with Gasteiger partial charge in [0, 0.05) is 61.6 Å². The number of carbonyl (C=O) groups is 15. The van der Waals surface area contributed by atoms with Gasteiger partial charge in [0.05, 0.1) is 25.3 Å². The van der Waals surface area contributed by atoms with Crippen LogP contribution in [0, 0.1) is 17.8 Å². The first-order valence-corrected chi connectivity index (χ1v) is 35.2. The minimum Gasteiger partial charge on any atom is -0.508 e. The maximum atomic E-state index is 15.0. The van der Waals surface area contributed by atoms with Crippen molar-refractivity contribution in [3.63, 3.8) is 0 Å². The van der Waals surface area contributed by atoms with Crippen LogP contribution in [0.5, 0.6) is 5.75 Å². The minimum atomic E-state index is -2.05. The van der Waals surface area contributed by atoms with Crippen LogP contribution in [-0.2, 0) is 83.0 Å². The molecule has 2 heterocycles. The highest BCUT2D eigenvalue weighted by molar-refractivity contribution is 8.76. The van der Waals surface area contributed by atoms with Crippen molar-refractivity contribution in [2.24, 2.45) is 17.8 Å². The number of ether oxygens (including phenoxy) is 3. The lowest BCUT2D eigenvalue weighted by Crippen LogP contribution is -2.59. The van der Waals surface area contributed by atoms with Crippen LogP contribution in [0.3, 0.4) is 0 Å². The van der Waals surface area contributed by atoms with E-state index < -0.39 is 175 Å². The van der Waals surface area contributed by atoms with Crippen molar-refractivity contribution in [1.82, 2.24) is 57.5 Å². The third-order valence-electron chi connectivity index (χ3n) is 15.5. The van der Waals surface area contributed by atoms with E-state index in [9.17, 15) is 92.3 Å². The molecule has 0 saturated carbocycles. The van der Waals surface area contributed by atoms with Gasteiger partial charge in [0.15, 0.2) is 12.8 Å². The number of nitrogens with zero attached hydrogens (tertiary/aromatic N) is 3. The molecule has 2 aromatic rings. The lowest BCUT2D eigenvalue weighted by Gasteiger charge is -2.39. The molecule has 0 bridgehead atoms. The Balaban J connectivity index is 1.69. The average Bonchev–Trinajstić information content (AvgIpc) is 1.76. The zero-order valence-corrected chi connectivity index (χ0v) is 58.9. The highest BCUT2D eigenvalue weighted by Gasteiger charge is 2.41. The molecule has 1 aliphatic rings. The van der Waals surface area contributed by atoms with Crippen LogP contribution in [0.15, 0.2) is 29.6 Å². The van der Waals surface area contributed by atoms with Crippen molar-refractivity contribution in [2.45, 2.75) is 187 Å². The van der Waals surface area contributed by atoms with Gasteiger partial charge in [-0.25, -0.2) is 20.0 Å². The van der Waals surface area contributed by atoms with E-state index in [1.165, 1.54) is 36.3 Å². The summed E-state index contributed by atoms with van der Waals surface area (Å²) < 4.78 is 16.7. The summed E-state index contributed by atoms with van der Waals surface area (Å²) in [5, 5.41) is 63.4. The number of aromatic hydroxyl groups is 1. The zero-order chi connectivity index (χ0) is 74.2. The number of hydrogen-bond acceptors (Lipinski definition) is 24. The molecule has 1 aliphatic heterocycles. The van der Waals surface area contributed by atoms with Gasteiger partial charge in [-0.2, -0.15) is 0 Å². The molecule has 0 radical (unpaired) electrons. The summed E-state index contributed by atoms with van der Waals surface area (Å²) in [5.74, 6) is -17.0. The Bertz CT molecular complexity index is 3120. The molecule has 9 amide bonds. The number of rotatable bonds is 42. The van der Waals surface area contributed by atoms with Crippen molar-refractivity contribution < 1.29 is 112 Å². The summed E-state index contributed by atoms with van der Waals surface area (Å²) in [6.45, 7) is 12.8. The number of carboxylic acids is 4. The Morgan fingerprint density at radius 1 is 0.717 bits per heavy atom. The fourth-order valence-electron chi connectivity index (χ4n) is 10.1. The van der Waals surface area contributed by atoms with Crippen molar-refractivity contribution >= 4 is 122 Å². The number of likely N-dealkylation sites (N-methyl/N-ethyl adjacent to an activating group) is 1. The highest BCUT2D eigenvalue weighted by Crippen LogP contribution is 2.32. The monoisotopic (exact) mass is 1450 g/mol. The molecule has 1 saturated heterocycles. The van der Waals surface area contributed by atoms with E-state index in [-0.39, 0.29) is 72.2 Å². The number of nitrogens with one attached hydrogen (secondary N) is 8.